The molecule has 0 amide bonds. The molecule has 0 saturated carbocycles. The first kappa shape index (κ1) is 26.5. The molecule has 1 fully saturated rings. The minimum atomic E-state index is -1.61. The average molecular weight is 521 g/mol. The Bertz CT molecular complexity index is 1330. The Morgan fingerprint density at radius 3 is 2.68 bits per heavy atom. The summed E-state index contributed by atoms with van der Waals surface area (Å²) >= 11 is -1.61. The topological polar surface area (TPSA) is 133 Å². The number of aliphatic imine (C=N–C) groups is 2. The minimum absolute atomic E-state index is 0.174. The van der Waals surface area contributed by atoms with Gasteiger partial charge >= 0.3 is 0 Å². The lowest BCUT2D eigenvalue weighted by atomic mass is 9.64. The number of carbonyl (C=O) groups excluding carboxylic acids is 1. The van der Waals surface area contributed by atoms with Gasteiger partial charge in [0.05, 0.1) is 47.1 Å². The molecule has 2 aromatic rings. The summed E-state index contributed by atoms with van der Waals surface area (Å²) in [6.45, 7) is 2.52. The van der Waals surface area contributed by atoms with E-state index >= 15 is 0 Å². The quantitative estimate of drug-likeness (QED) is 0.340. The van der Waals surface area contributed by atoms with E-state index in [9.17, 15) is 13.7 Å². The van der Waals surface area contributed by atoms with Gasteiger partial charge in [-0.2, -0.15) is 0 Å². The summed E-state index contributed by atoms with van der Waals surface area (Å²) in [5.74, 6) is -0.526. The van der Waals surface area contributed by atoms with E-state index in [1.54, 1.807) is 35.7 Å². The number of hydrogen-bond donors (Lipinski definition) is 2. The number of benzene rings is 1. The highest BCUT2D eigenvalue weighted by Gasteiger charge is 2.52. The number of nitrogens with two attached hydrogens (primary N) is 2. The number of nitrogens with zero attached hydrogens (tertiary/aromatic N) is 4. The molecular weight excluding hydrogens is 491 g/mol. The van der Waals surface area contributed by atoms with Crippen molar-refractivity contribution in [3.8, 4) is 0 Å². The van der Waals surface area contributed by atoms with Gasteiger partial charge in [0.1, 0.15) is 11.5 Å². The number of aromatic nitrogens is 1. The van der Waals surface area contributed by atoms with Gasteiger partial charge < -0.3 is 16.0 Å². The fourth-order valence-electron chi connectivity index (χ4n) is 4.69. The second kappa shape index (κ2) is 11.2. The van der Waals surface area contributed by atoms with Gasteiger partial charge in [0.25, 0.3) is 0 Å². The number of aryl methyl sites for hydroxylation is 1. The molecule has 0 spiro atoms. The van der Waals surface area contributed by atoms with Crippen LogP contribution in [0, 0.1) is 18.2 Å². The van der Waals surface area contributed by atoms with Crippen molar-refractivity contribution in [1.29, 1.82) is 0 Å². The van der Waals surface area contributed by atoms with Gasteiger partial charge in [-0.3, -0.25) is 14.8 Å². The zero-order valence-corrected chi connectivity index (χ0v) is 21.5. The van der Waals surface area contributed by atoms with Crippen LogP contribution in [0.15, 0.2) is 87.1 Å². The van der Waals surface area contributed by atoms with E-state index in [0.717, 1.165) is 11.1 Å². The summed E-state index contributed by atoms with van der Waals surface area (Å²) in [6.07, 6.45) is 8.39. The molecule has 0 bridgehead atoms. The summed E-state index contributed by atoms with van der Waals surface area (Å²) in [5, 5.41) is 0. The predicted octanol–water partition coefficient (Wildman–Crippen LogP) is 3.51. The van der Waals surface area contributed by atoms with Crippen molar-refractivity contribution in [1.82, 2.24) is 9.29 Å². The van der Waals surface area contributed by atoms with E-state index in [1.807, 2.05) is 19.1 Å². The normalized spacial score (nSPS) is 23.8. The Morgan fingerprint density at radius 2 is 2.03 bits per heavy atom. The number of rotatable bonds is 6. The molecule has 1 aromatic carbocycles. The van der Waals surface area contributed by atoms with Crippen molar-refractivity contribution in [3.63, 3.8) is 0 Å². The number of pyridine rings is 1. The van der Waals surface area contributed by atoms with E-state index in [4.69, 9.17) is 11.5 Å². The first-order chi connectivity index (χ1) is 17.8. The van der Waals surface area contributed by atoms with Gasteiger partial charge in [-0.25, -0.2) is 9.38 Å². The first-order valence-electron chi connectivity index (χ1n) is 11.8. The van der Waals surface area contributed by atoms with Crippen molar-refractivity contribution < 1.29 is 13.7 Å². The van der Waals surface area contributed by atoms with Gasteiger partial charge in [-0.05, 0) is 79.6 Å². The second-order valence-corrected chi connectivity index (χ2v) is 10.4. The smallest absolute Gasteiger partial charge is 0.207 e. The van der Waals surface area contributed by atoms with Crippen LogP contribution >= 0.6 is 0 Å². The number of allylic oxidation sites excluding steroid dienone is 3. The maximum atomic E-state index is 14.2. The van der Waals surface area contributed by atoms with Crippen LogP contribution in [0.25, 0.3) is 0 Å². The molecule has 192 valence electrons. The van der Waals surface area contributed by atoms with Gasteiger partial charge in [0.15, 0.2) is 5.78 Å². The van der Waals surface area contributed by atoms with E-state index in [0.29, 0.717) is 40.5 Å². The average Bonchev–Trinajstić information content (AvgIpc) is 2.91. The highest BCUT2D eigenvalue weighted by Crippen LogP contribution is 2.47. The largest absolute Gasteiger partial charge is 0.593 e. The van der Waals surface area contributed by atoms with Crippen LogP contribution in [0.1, 0.15) is 28.9 Å². The molecule has 2 atom stereocenters. The van der Waals surface area contributed by atoms with Crippen molar-refractivity contribution in [2.75, 3.05) is 20.1 Å². The van der Waals surface area contributed by atoms with Crippen LogP contribution in [-0.2, 0) is 11.4 Å². The number of hydrogen-bond acceptors (Lipinski definition) is 8. The van der Waals surface area contributed by atoms with Gasteiger partial charge in [0, 0.05) is 19.8 Å². The fourth-order valence-corrected chi connectivity index (χ4v) is 5.89. The Kier molecular flexibility index (Phi) is 8.01. The van der Waals surface area contributed by atoms with E-state index in [-0.39, 0.29) is 24.6 Å². The summed E-state index contributed by atoms with van der Waals surface area (Å²) < 4.78 is 28.5. The maximum Gasteiger partial charge on any atom is 0.207 e. The van der Waals surface area contributed by atoms with Gasteiger partial charge in [-0.15, -0.1) is 4.31 Å². The van der Waals surface area contributed by atoms with Gasteiger partial charge in [0.2, 0.25) is 4.91 Å². The third-order valence-corrected chi connectivity index (χ3v) is 7.97. The van der Waals surface area contributed by atoms with E-state index in [2.05, 4.69) is 15.0 Å². The van der Waals surface area contributed by atoms with Gasteiger partial charge in [-0.1, -0.05) is 5.57 Å². The number of ketones is 1. The number of Topliss-reactive ketones (excluding diaryl/α,β-unsaturated/α-hetero) is 1. The third-order valence-electron chi connectivity index (χ3n) is 6.54. The molecule has 1 aliphatic carbocycles. The van der Waals surface area contributed by atoms with Crippen molar-refractivity contribution in [2.45, 2.75) is 19.8 Å². The molecule has 2 heterocycles. The Morgan fingerprint density at radius 1 is 1.27 bits per heavy atom. The maximum absolute atomic E-state index is 14.2. The SMILES string of the molecule is CN=CC(=CN)[S+]([O-])N1CCC2=CC(=Nc3ccc(F)cc3)C(=CN)CC2(C(=O)c2cc(C)ccn2)C1. The number of fused-ring (bicyclic) bond motifs is 1. The van der Waals surface area contributed by atoms with Crippen LogP contribution in [0.4, 0.5) is 10.1 Å². The molecule has 1 saturated heterocycles. The Labute approximate surface area is 218 Å². The van der Waals surface area contributed by atoms with Crippen molar-refractivity contribution >= 4 is 34.8 Å². The molecule has 1 aromatic heterocycles. The standard InChI is InChI=1S/C27H29FN6O2S/c1-18-7-9-32-25(11-18)26(35)27-13-19(14-29)24(33-22-5-3-21(28)4-6-22)12-20(27)8-10-34(17-27)37(36)23(15-30)16-31-2/h3-7,9,11-12,14-16H,8,10,13,17,29-30H2,1-2H3. The predicted molar refractivity (Wildman–Crippen MR) is 145 cm³/mol. The Hall–Kier alpha value is -3.60. The molecule has 37 heavy (non-hydrogen) atoms. The van der Waals surface area contributed by atoms with Crippen molar-refractivity contribution in [3.05, 3.63) is 94.2 Å². The summed E-state index contributed by atoms with van der Waals surface area (Å²) in [5.41, 5.74) is 14.7. The highest BCUT2D eigenvalue weighted by atomic mass is 32.2. The lowest BCUT2D eigenvalue weighted by Crippen LogP contribution is -2.53. The number of halogens is 1. The highest BCUT2D eigenvalue weighted by molar-refractivity contribution is 7.93. The monoisotopic (exact) mass is 520 g/mol. The summed E-state index contributed by atoms with van der Waals surface area (Å²) in [7, 11) is 1.58. The Balaban J connectivity index is 1.82. The first-order valence-corrected chi connectivity index (χ1v) is 12.9. The van der Waals surface area contributed by atoms with Crippen LogP contribution in [0.5, 0.6) is 0 Å². The van der Waals surface area contributed by atoms with Crippen LogP contribution in [0.2, 0.25) is 0 Å². The van der Waals surface area contributed by atoms with Crippen LogP contribution < -0.4 is 11.5 Å². The summed E-state index contributed by atoms with van der Waals surface area (Å²) in [6, 6.07) is 9.44. The zero-order chi connectivity index (χ0) is 26.6. The molecule has 2 aliphatic rings. The van der Waals surface area contributed by atoms with Crippen LogP contribution in [-0.4, -0.2) is 51.7 Å². The van der Waals surface area contributed by atoms with E-state index in [1.165, 1.54) is 30.7 Å². The number of piperidine rings is 1. The molecule has 1 aliphatic heterocycles. The van der Waals surface area contributed by atoms with Crippen LogP contribution in [0.3, 0.4) is 0 Å². The summed E-state index contributed by atoms with van der Waals surface area (Å²) in [4.78, 5) is 27.5. The molecule has 8 nitrogen and oxygen atoms in total. The van der Waals surface area contributed by atoms with Crippen molar-refractivity contribution in [2.24, 2.45) is 26.9 Å². The number of carbonyl (C=O) groups is 1. The third kappa shape index (κ3) is 5.41. The second-order valence-electron chi connectivity index (χ2n) is 8.96. The molecule has 2 unspecified atom stereocenters. The lowest BCUT2D eigenvalue weighted by Gasteiger charge is -2.45. The molecular formula is C27H29FN6O2S. The molecule has 10 heteroatoms. The van der Waals surface area contributed by atoms with E-state index < -0.39 is 16.8 Å². The fraction of sp³-hybridized carbons (Fsp3) is 0.259. The minimum Gasteiger partial charge on any atom is -0.593 e. The lowest BCUT2D eigenvalue weighted by molar-refractivity contribution is 0.0771. The molecule has 4 rings (SSSR count). The zero-order valence-electron chi connectivity index (χ0n) is 20.7. The molecule has 0 radical (unpaired) electrons. The molecule has 4 N–H and O–H groups in total.